The van der Waals surface area contributed by atoms with Crippen LogP contribution in [-0.4, -0.2) is 33.9 Å². The number of H-pyrrole nitrogens is 1. The van der Waals surface area contributed by atoms with E-state index in [1.165, 1.54) is 18.2 Å². The van der Waals surface area contributed by atoms with Crippen LogP contribution in [0.5, 0.6) is 5.75 Å². The Kier molecular flexibility index (Phi) is 8.87. The van der Waals surface area contributed by atoms with Crippen LogP contribution in [0, 0.1) is 25.5 Å². The molecule has 0 radical (unpaired) electrons. The highest BCUT2D eigenvalue weighted by Crippen LogP contribution is 2.37. The number of ether oxygens (including phenoxy) is 2. The summed E-state index contributed by atoms with van der Waals surface area (Å²) in [6.07, 6.45) is 1.10. The third-order valence-corrected chi connectivity index (χ3v) is 6.90. The van der Waals surface area contributed by atoms with E-state index in [1.807, 2.05) is 52.9 Å². The van der Waals surface area contributed by atoms with Crippen LogP contribution in [0.3, 0.4) is 0 Å². The fourth-order valence-electron chi connectivity index (χ4n) is 5.09. The molecule has 0 aliphatic rings. The first-order valence-electron chi connectivity index (χ1n) is 13.6. The number of aryl methyl sites for hydroxylation is 3. The molecule has 5 aromatic rings. The second kappa shape index (κ2) is 12.3. The van der Waals surface area contributed by atoms with Crippen LogP contribution < -0.4 is 4.74 Å². The molecule has 1 N–H and O–H groups in total. The van der Waals surface area contributed by atoms with Crippen molar-refractivity contribution in [3.8, 4) is 16.9 Å². The van der Waals surface area contributed by atoms with Crippen LogP contribution in [0.2, 0.25) is 0 Å². The predicted octanol–water partition coefficient (Wildman–Crippen LogP) is 7.83. The van der Waals surface area contributed by atoms with Crippen molar-refractivity contribution in [3.63, 3.8) is 0 Å². The molecule has 2 aromatic heterocycles. The van der Waals surface area contributed by atoms with E-state index < -0.39 is 11.8 Å². The van der Waals surface area contributed by atoms with Crippen molar-refractivity contribution in [3.05, 3.63) is 82.8 Å². The van der Waals surface area contributed by atoms with E-state index in [0.717, 1.165) is 27.4 Å². The van der Waals surface area contributed by atoms with Crippen molar-refractivity contribution in [1.82, 2.24) is 14.8 Å². The van der Waals surface area contributed by atoms with E-state index in [0.29, 0.717) is 53.2 Å². The first kappa shape index (κ1) is 28.8. The molecular formula is C32H35F2N3O3. The Morgan fingerprint density at radius 2 is 1.77 bits per heavy atom. The van der Waals surface area contributed by atoms with Crippen molar-refractivity contribution >= 4 is 27.6 Å². The van der Waals surface area contributed by atoms with Gasteiger partial charge in [-0.15, -0.1) is 0 Å². The smallest absolute Gasteiger partial charge is 0.355 e. The number of rotatable bonds is 8. The average molecular weight is 548 g/mol. The fourth-order valence-corrected chi connectivity index (χ4v) is 5.09. The highest BCUT2D eigenvalue weighted by molar-refractivity contribution is 6.04. The standard InChI is InChI=1S/C30H29F2N3O3.C2H6/c1-5-37-30(36)29-22(9-7-15-38-25-10-6-8-19-16-20(31)11-12-21(19)25)23-13-14-24(32)27(28(23)33-29)26-17(2)34-35(4)18(26)3;1-2/h6,8,10-14,16,33H,5,7,9,15H2,1-4H3;1-2H3. The lowest BCUT2D eigenvalue weighted by Gasteiger charge is -2.10. The molecule has 0 aliphatic heterocycles. The summed E-state index contributed by atoms with van der Waals surface area (Å²) < 4.78 is 42.0. The highest BCUT2D eigenvalue weighted by atomic mass is 19.1. The van der Waals surface area contributed by atoms with Gasteiger partial charge in [0.25, 0.3) is 0 Å². The number of benzene rings is 3. The zero-order valence-electron chi connectivity index (χ0n) is 23.8. The summed E-state index contributed by atoms with van der Waals surface area (Å²) in [5.74, 6) is -0.510. The summed E-state index contributed by atoms with van der Waals surface area (Å²) in [6, 6.07) is 13.2. The summed E-state index contributed by atoms with van der Waals surface area (Å²) in [4.78, 5) is 16.1. The minimum atomic E-state index is -0.485. The predicted molar refractivity (Wildman–Crippen MR) is 155 cm³/mol. The van der Waals surface area contributed by atoms with Crippen LogP contribution in [0.1, 0.15) is 54.6 Å². The molecule has 0 saturated heterocycles. The van der Waals surface area contributed by atoms with Gasteiger partial charge in [-0.3, -0.25) is 4.68 Å². The normalized spacial score (nSPS) is 11.0. The molecule has 0 spiro atoms. The number of aromatic amines is 1. The Labute approximate surface area is 232 Å². The molecule has 0 fully saturated rings. The number of hydrogen-bond acceptors (Lipinski definition) is 4. The monoisotopic (exact) mass is 547 g/mol. The Morgan fingerprint density at radius 3 is 2.48 bits per heavy atom. The Balaban J connectivity index is 0.00000181. The van der Waals surface area contributed by atoms with E-state index in [1.54, 1.807) is 23.7 Å². The van der Waals surface area contributed by atoms with Crippen LogP contribution in [-0.2, 0) is 18.2 Å². The number of nitrogens with one attached hydrogen (secondary N) is 1. The third-order valence-electron chi connectivity index (χ3n) is 6.90. The lowest BCUT2D eigenvalue weighted by Crippen LogP contribution is -2.09. The molecule has 0 unspecified atom stereocenters. The molecule has 8 heteroatoms. The summed E-state index contributed by atoms with van der Waals surface area (Å²) >= 11 is 0. The minimum absolute atomic E-state index is 0.223. The van der Waals surface area contributed by atoms with Gasteiger partial charge in [-0.2, -0.15) is 5.10 Å². The summed E-state index contributed by atoms with van der Waals surface area (Å²) in [5, 5.41) is 6.80. The van der Waals surface area contributed by atoms with Crippen LogP contribution in [0.15, 0.2) is 48.5 Å². The summed E-state index contributed by atoms with van der Waals surface area (Å²) in [6.45, 7) is 10.1. The molecule has 2 heterocycles. The number of aromatic nitrogens is 3. The first-order valence-corrected chi connectivity index (χ1v) is 13.6. The molecule has 210 valence electrons. The largest absolute Gasteiger partial charge is 0.493 e. The molecule has 0 saturated carbocycles. The van der Waals surface area contributed by atoms with Gasteiger partial charge in [-0.25, -0.2) is 13.6 Å². The molecule has 3 aromatic carbocycles. The van der Waals surface area contributed by atoms with E-state index in [4.69, 9.17) is 9.47 Å². The van der Waals surface area contributed by atoms with Gasteiger partial charge >= 0.3 is 5.97 Å². The second-order valence-electron chi connectivity index (χ2n) is 9.29. The van der Waals surface area contributed by atoms with Crippen molar-refractivity contribution < 1.29 is 23.0 Å². The number of hydrogen-bond donors (Lipinski definition) is 1. The SMILES string of the molecule is CC.CCOC(=O)c1[nH]c2c(-c3c(C)nn(C)c3C)c(F)ccc2c1CCCOc1cccc2cc(F)ccc12. The van der Waals surface area contributed by atoms with E-state index >= 15 is 4.39 Å². The number of carbonyl (C=O) groups is 1. The number of esters is 1. The highest BCUT2D eigenvalue weighted by Gasteiger charge is 2.25. The Morgan fingerprint density at radius 1 is 1.02 bits per heavy atom. The first-order chi connectivity index (χ1) is 19.3. The zero-order chi connectivity index (χ0) is 29.0. The summed E-state index contributed by atoms with van der Waals surface area (Å²) in [5.41, 5.74) is 4.23. The molecule has 0 amide bonds. The van der Waals surface area contributed by atoms with Crippen LogP contribution in [0.4, 0.5) is 8.78 Å². The topological polar surface area (TPSA) is 69.1 Å². The van der Waals surface area contributed by atoms with Gasteiger partial charge in [-0.05, 0) is 81.0 Å². The minimum Gasteiger partial charge on any atom is -0.493 e. The molecule has 0 atom stereocenters. The van der Waals surface area contributed by atoms with Gasteiger partial charge < -0.3 is 14.5 Å². The van der Waals surface area contributed by atoms with Crippen molar-refractivity contribution in [1.29, 1.82) is 0 Å². The van der Waals surface area contributed by atoms with Gasteiger partial charge in [0.2, 0.25) is 0 Å². The van der Waals surface area contributed by atoms with Gasteiger partial charge in [0.05, 0.1) is 24.4 Å². The van der Waals surface area contributed by atoms with E-state index in [9.17, 15) is 9.18 Å². The maximum atomic E-state index is 15.3. The summed E-state index contributed by atoms with van der Waals surface area (Å²) in [7, 11) is 1.82. The number of fused-ring (bicyclic) bond motifs is 2. The maximum absolute atomic E-state index is 15.3. The molecule has 40 heavy (non-hydrogen) atoms. The van der Waals surface area contributed by atoms with Crippen molar-refractivity contribution in [2.75, 3.05) is 13.2 Å². The molecular weight excluding hydrogens is 512 g/mol. The maximum Gasteiger partial charge on any atom is 0.355 e. The average Bonchev–Trinajstić information content (AvgIpc) is 3.43. The number of halogens is 2. The van der Waals surface area contributed by atoms with Gasteiger partial charge in [0, 0.05) is 34.6 Å². The van der Waals surface area contributed by atoms with Crippen LogP contribution >= 0.6 is 0 Å². The van der Waals surface area contributed by atoms with E-state index in [2.05, 4.69) is 10.1 Å². The second-order valence-corrected chi connectivity index (χ2v) is 9.29. The number of nitrogens with zero attached hydrogens (tertiary/aromatic N) is 2. The zero-order valence-corrected chi connectivity index (χ0v) is 23.8. The molecule has 0 aliphatic carbocycles. The molecule has 0 bridgehead atoms. The van der Waals surface area contributed by atoms with Crippen LogP contribution in [0.25, 0.3) is 32.8 Å². The Hall–Kier alpha value is -4.20. The van der Waals surface area contributed by atoms with E-state index in [-0.39, 0.29) is 12.4 Å². The fraction of sp³-hybridized carbons (Fsp3) is 0.312. The molecule has 6 nitrogen and oxygen atoms in total. The number of carbonyl (C=O) groups excluding carboxylic acids is 1. The molecule has 5 rings (SSSR count). The van der Waals surface area contributed by atoms with Crippen molar-refractivity contribution in [2.24, 2.45) is 7.05 Å². The lowest BCUT2D eigenvalue weighted by atomic mass is 9.98. The van der Waals surface area contributed by atoms with Gasteiger partial charge in [-0.1, -0.05) is 26.0 Å². The Bertz CT molecular complexity index is 1670. The van der Waals surface area contributed by atoms with Gasteiger partial charge in [0.15, 0.2) is 0 Å². The lowest BCUT2D eigenvalue weighted by molar-refractivity contribution is 0.0519. The quantitative estimate of drug-likeness (QED) is 0.159. The van der Waals surface area contributed by atoms with Crippen molar-refractivity contribution in [2.45, 2.75) is 47.5 Å². The third kappa shape index (κ3) is 5.43. The van der Waals surface area contributed by atoms with Gasteiger partial charge in [0.1, 0.15) is 23.1 Å².